The molecule has 18 heteroatoms. The zero-order valence-corrected chi connectivity index (χ0v) is 43.3. The minimum Gasteiger partial charge on any atom is -0.488 e. The van der Waals surface area contributed by atoms with Crippen molar-refractivity contribution in [2.75, 3.05) is 63.9 Å². The number of nitrogens with two attached hydrogens (primary N) is 1. The number of carbonyl (C=O) groups excluding carboxylic acids is 4. The minimum absolute atomic E-state index is 0.0418. The third-order valence-corrected chi connectivity index (χ3v) is 18.3. The summed E-state index contributed by atoms with van der Waals surface area (Å²) in [5.74, 6) is -1.81. The highest BCUT2D eigenvalue weighted by atomic mass is 35.5. The van der Waals surface area contributed by atoms with Crippen molar-refractivity contribution >= 4 is 52.1 Å². The van der Waals surface area contributed by atoms with Gasteiger partial charge in [0.15, 0.2) is 23.0 Å². The molecule has 3 saturated heterocycles. The summed E-state index contributed by atoms with van der Waals surface area (Å²) in [6.07, 6.45) is 9.14. The summed E-state index contributed by atoms with van der Waals surface area (Å²) in [7, 11) is 1.89. The maximum Gasteiger partial charge on any atom is 0.329 e. The molecule has 5 heterocycles. The molecule has 2 bridgehead atoms. The second-order valence-electron chi connectivity index (χ2n) is 22.0. The van der Waals surface area contributed by atoms with Gasteiger partial charge in [-0.1, -0.05) is 54.9 Å². The smallest absolute Gasteiger partial charge is 0.329 e. The first-order valence-corrected chi connectivity index (χ1v) is 27.0. The number of likely N-dealkylation sites (tertiary alicyclic amines) is 2. The topological polar surface area (TPSA) is 185 Å². The lowest BCUT2D eigenvalue weighted by Crippen LogP contribution is -2.61. The number of aliphatic hydroxyl groups excluding tert-OH is 1. The third-order valence-electron chi connectivity index (χ3n) is 17.9. The standard InChI is InChI=1S/C57H65ClF2N8O7/c1-34-46-44(31-41(59)49(58)48(46)47-40(51(61)71)10-11-43(50(47)60)74-29-28-69)75-57(34,38-6-4-3-5-7-38)33-62-56-20-17-55(18-21-56,19-22-56)53(72)67-25-12-35(13-26-67)32-66-23-14-36(15-24-66)37-8-9-39-42(30-37)65(2)64-52(39)68-27-16-45(70)63-54(68)73/h3-11,30-31,34-36,62,69H,12-29,32-33H2,1-2H3,(H2,61,71)(H,63,70,73). The van der Waals surface area contributed by atoms with Gasteiger partial charge in [0.25, 0.3) is 0 Å². The molecule has 12 rings (SSSR count). The molecule has 0 radical (unpaired) electrons. The Bertz CT molecular complexity index is 3040. The fraction of sp³-hybridized carbons (Fsp3) is 0.491. The first-order chi connectivity index (χ1) is 36.1. The molecule has 3 saturated carbocycles. The summed E-state index contributed by atoms with van der Waals surface area (Å²) in [6, 6.07) is 19.5. The molecular formula is C57H65ClF2N8O7. The van der Waals surface area contributed by atoms with Crippen LogP contribution in [0.4, 0.5) is 19.4 Å². The Morgan fingerprint density at radius 3 is 2.33 bits per heavy atom. The van der Waals surface area contributed by atoms with Crippen LogP contribution in [0.1, 0.15) is 116 Å². The minimum atomic E-state index is -1.11. The van der Waals surface area contributed by atoms with Crippen LogP contribution in [0.15, 0.2) is 66.7 Å². The van der Waals surface area contributed by atoms with Crippen molar-refractivity contribution in [3.05, 3.63) is 106 Å². The number of aryl methyl sites for hydroxylation is 1. The largest absolute Gasteiger partial charge is 0.488 e. The van der Waals surface area contributed by atoms with Crippen LogP contribution in [0.5, 0.6) is 11.5 Å². The number of nitrogens with zero attached hydrogens (tertiary/aromatic N) is 5. The van der Waals surface area contributed by atoms with Gasteiger partial charge in [0, 0.05) is 91.2 Å². The van der Waals surface area contributed by atoms with Crippen molar-refractivity contribution in [2.24, 2.45) is 24.1 Å². The molecule has 396 valence electrons. The number of amides is 5. The fourth-order valence-electron chi connectivity index (χ4n) is 13.5. The van der Waals surface area contributed by atoms with Crippen molar-refractivity contribution in [2.45, 2.75) is 101 Å². The number of rotatable bonds is 14. The molecule has 2 unspecified atom stereocenters. The summed E-state index contributed by atoms with van der Waals surface area (Å²) in [5.41, 5.74) is 7.00. The number of ether oxygens (including phenoxy) is 2. The molecule has 7 aliphatic rings. The van der Waals surface area contributed by atoms with E-state index in [1.807, 2.05) is 49.0 Å². The predicted molar refractivity (Wildman–Crippen MR) is 280 cm³/mol. The second kappa shape index (κ2) is 20.1. The van der Waals surface area contributed by atoms with Crippen LogP contribution in [0.3, 0.4) is 0 Å². The Balaban J connectivity index is 0.714. The van der Waals surface area contributed by atoms with E-state index in [1.165, 1.54) is 23.8 Å². The van der Waals surface area contributed by atoms with Crippen LogP contribution >= 0.6 is 11.6 Å². The van der Waals surface area contributed by atoms with E-state index in [-0.39, 0.29) is 69.7 Å². The monoisotopic (exact) mass is 1050 g/mol. The number of piperidine rings is 2. The maximum absolute atomic E-state index is 16.6. The second-order valence-corrected chi connectivity index (χ2v) is 22.4. The summed E-state index contributed by atoms with van der Waals surface area (Å²) < 4.78 is 46.8. The highest BCUT2D eigenvalue weighted by Crippen LogP contribution is 2.58. The van der Waals surface area contributed by atoms with E-state index in [2.05, 4.69) is 43.7 Å². The Morgan fingerprint density at radius 2 is 1.65 bits per heavy atom. The van der Waals surface area contributed by atoms with Gasteiger partial charge in [-0.05, 0) is 125 Å². The van der Waals surface area contributed by atoms with Crippen molar-refractivity contribution in [1.82, 2.24) is 30.2 Å². The van der Waals surface area contributed by atoms with Gasteiger partial charge in [-0.15, -0.1) is 0 Å². The first-order valence-electron chi connectivity index (χ1n) is 26.6. The number of hydrogen-bond acceptors (Lipinski definition) is 10. The number of aromatic nitrogens is 2. The van der Waals surface area contributed by atoms with Crippen LogP contribution in [0, 0.1) is 23.0 Å². The van der Waals surface area contributed by atoms with E-state index in [0.29, 0.717) is 42.2 Å². The van der Waals surface area contributed by atoms with Gasteiger partial charge in [-0.25, -0.2) is 13.6 Å². The zero-order chi connectivity index (χ0) is 52.4. The molecule has 4 aliphatic heterocycles. The lowest BCUT2D eigenvalue weighted by atomic mass is 9.56. The van der Waals surface area contributed by atoms with E-state index in [0.717, 1.165) is 113 Å². The van der Waals surface area contributed by atoms with Crippen LogP contribution in [-0.2, 0) is 22.2 Å². The molecule has 3 aliphatic carbocycles. The van der Waals surface area contributed by atoms with Gasteiger partial charge in [0.1, 0.15) is 18.2 Å². The number of anilines is 1. The quantitative estimate of drug-likeness (QED) is 0.0844. The molecule has 1 aromatic heterocycles. The maximum atomic E-state index is 16.6. The average Bonchev–Trinajstić information content (AvgIpc) is 3.90. The van der Waals surface area contributed by atoms with E-state index in [4.69, 9.17) is 26.8 Å². The van der Waals surface area contributed by atoms with Gasteiger partial charge in [-0.2, -0.15) is 5.10 Å². The number of aliphatic hydroxyl groups is 1. The molecule has 6 fully saturated rings. The molecule has 4 aromatic carbocycles. The van der Waals surface area contributed by atoms with Crippen LogP contribution < -0.4 is 30.7 Å². The van der Waals surface area contributed by atoms with Crippen molar-refractivity contribution < 1.29 is 42.5 Å². The Labute approximate surface area is 440 Å². The highest BCUT2D eigenvalue weighted by molar-refractivity contribution is 6.34. The van der Waals surface area contributed by atoms with E-state index < -0.39 is 35.1 Å². The van der Waals surface area contributed by atoms with Gasteiger partial charge < -0.3 is 35.4 Å². The summed E-state index contributed by atoms with van der Waals surface area (Å²) in [5, 5.41) is 20.9. The van der Waals surface area contributed by atoms with E-state index in [9.17, 15) is 24.3 Å². The number of fused-ring (bicyclic) bond motifs is 5. The first kappa shape index (κ1) is 51.0. The summed E-state index contributed by atoms with van der Waals surface area (Å²) in [4.78, 5) is 58.1. The third kappa shape index (κ3) is 9.10. The lowest BCUT2D eigenvalue weighted by molar-refractivity contribution is -0.151. The zero-order valence-electron chi connectivity index (χ0n) is 42.6. The number of nitrogens with one attached hydrogen (secondary N) is 2. The number of benzene rings is 4. The SMILES string of the molecule is CC1c2c(cc(F)c(Cl)c2-c2c(C(N)=O)ccc(OCCO)c2F)OC1(CNC12CCC(C(=O)N3CCC(CN4CCC(c5ccc6c(N7CCC(=O)NC7=O)nn(C)c6c5)CC4)CC3)(CC1)CC2)c1ccccc1. The number of halogens is 3. The number of primary amides is 1. The van der Waals surface area contributed by atoms with Gasteiger partial charge in [0.2, 0.25) is 17.7 Å². The molecule has 0 spiro atoms. The number of imide groups is 1. The lowest BCUT2D eigenvalue weighted by Gasteiger charge is -2.55. The molecule has 5 amide bonds. The van der Waals surface area contributed by atoms with Crippen molar-refractivity contribution in [1.29, 1.82) is 0 Å². The highest BCUT2D eigenvalue weighted by Gasteiger charge is 2.56. The molecule has 75 heavy (non-hydrogen) atoms. The van der Waals surface area contributed by atoms with Gasteiger partial charge in [-0.3, -0.25) is 29.3 Å². The summed E-state index contributed by atoms with van der Waals surface area (Å²) in [6.45, 7) is 6.61. The van der Waals surface area contributed by atoms with Crippen LogP contribution in [0.25, 0.3) is 22.0 Å². The fourth-order valence-corrected chi connectivity index (χ4v) is 13.8. The molecule has 2 atom stereocenters. The van der Waals surface area contributed by atoms with Crippen molar-refractivity contribution in [3.8, 4) is 22.6 Å². The molecule has 15 nitrogen and oxygen atoms in total. The normalized spacial score (nSPS) is 25.4. The van der Waals surface area contributed by atoms with Gasteiger partial charge >= 0.3 is 6.03 Å². The van der Waals surface area contributed by atoms with E-state index in [1.54, 1.807) is 4.90 Å². The van der Waals surface area contributed by atoms with Crippen LogP contribution in [-0.4, -0.2) is 113 Å². The average molecular weight is 1050 g/mol. The number of carbonyl (C=O) groups is 4. The number of hydrogen-bond donors (Lipinski definition) is 4. The Hall–Kier alpha value is -6.14. The van der Waals surface area contributed by atoms with Gasteiger partial charge in [0.05, 0.1) is 22.7 Å². The Morgan fingerprint density at radius 1 is 0.933 bits per heavy atom. The molecule has 5 aromatic rings. The summed E-state index contributed by atoms with van der Waals surface area (Å²) >= 11 is 6.78. The molecule has 5 N–H and O–H groups in total. The van der Waals surface area contributed by atoms with Crippen molar-refractivity contribution in [3.63, 3.8) is 0 Å². The predicted octanol–water partition coefficient (Wildman–Crippen LogP) is 8.28. The Kier molecular flexibility index (Phi) is 13.7. The molecular weight excluding hydrogens is 982 g/mol. The van der Waals surface area contributed by atoms with E-state index >= 15 is 8.78 Å². The van der Waals surface area contributed by atoms with Crippen LogP contribution in [0.2, 0.25) is 5.02 Å². The number of urea groups is 1.